The predicted octanol–water partition coefficient (Wildman–Crippen LogP) is 5.10. The number of oxazole rings is 1. The third kappa shape index (κ3) is 5.68. The van der Waals surface area contributed by atoms with Gasteiger partial charge in [0.2, 0.25) is 5.89 Å². The van der Waals surface area contributed by atoms with E-state index in [1.807, 2.05) is 61.9 Å². The van der Waals surface area contributed by atoms with Gasteiger partial charge in [0.25, 0.3) is 0 Å². The maximum absolute atomic E-state index is 11.4. The zero-order valence-corrected chi connectivity index (χ0v) is 17.6. The summed E-state index contributed by atoms with van der Waals surface area (Å²) in [6.07, 6.45) is 0.131. The molecule has 0 aliphatic heterocycles. The van der Waals surface area contributed by atoms with E-state index >= 15 is 0 Å². The van der Waals surface area contributed by atoms with Gasteiger partial charge >= 0.3 is 5.97 Å². The molecule has 2 aromatic heterocycles. The molecule has 0 amide bonds. The number of hydrogen-bond acceptors (Lipinski definition) is 6. The van der Waals surface area contributed by atoms with E-state index in [1.54, 1.807) is 11.3 Å². The molecule has 0 fully saturated rings. The zero-order valence-electron chi connectivity index (χ0n) is 16.8. The van der Waals surface area contributed by atoms with Gasteiger partial charge < -0.3 is 19.0 Å². The number of hydrogen-bond donors (Lipinski definition) is 1. The number of aromatic nitrogens is 1. The number of ether oxygens (including phenoxy) is 2. The number of nitrogens with zero attached hydrogens (tertiary/aromatic N) is 1. The first-order valence-electron chi connectivity index (χ1n) is 9.55. The highest BCUT2D eigenvalue weighted by Gasteiger charge is 2.21. The molecule has 0 spiro atoms. The van der Waals surface area contributed by atoms with Crippen molar-refractivity contribution in [2.45, 2.75) is 52.4 Å². The largest absolute Gasteiger partial charge is 0.487 e. The summed E-state index contributed by atoms with van der Waals surface area (Å²) in [7, 11) is 0. The summed E-state index contributed by atoms with van der Waals surface area (Å²) in [6.45, 7) is 6.01. The minimum Gasteiger partial charge on any atom is -0.487 e. The Morgan fingerprint density at radius 3 is 2.66 bits per heavy atom. The number of aliphatic carboxylic acids is 1. The summed E-state index contributed by atoms with van der Waals surface area (Å²) < 4.78 is 17.1. The van der Waals surface area contributed by atoms with Gasteiger partial charge in [-0.1, -0.05) is 19.1 Å². The highest BCUT2D eigenvalue weighted by Crippen LogP contribution is 2.25. The lowest BCUT2D eigenvalue weighted by atomic mass is 10.1. The molecule has 29 heavy (non-hydrogen) atoms. The third-order valence-electron chi connectivity index (χ3n) is 4.63. The number of aryl methyl sites for hydroxylation is 1. The third-order valence-corrected chi connectivity index (χ3v) is 5.31. The van der Waals surface area contributed by atoms with Crippen molar-refractivity contribution in [3.63, 3.8) is 0 Å². The van der Waals surface area contributed by atoms with Crippen LogP contribution in [0.5, 0.6) is 5.75 Å². The molecule has 3 aromatic rings. The maximum atomic E-state index is 11.4. The molecule has 2 heterocycles. The molecule has 0 saturated heterocycles. The number of carboxylic acid groups (broad SMARTS) is 1. The van der Waals surface area contributed by atoms with Crippen LogP contribution in [0.4, 0.5) is 0 Å². The van der Waals surface area contributed by atoms with E-state index in [4.69, 9.17) is 13.9 Å². The summed E-state index contributed by atoms with van der Waals surface area (Å²) in [5, 5.41) is 13.3. The molecule has 0 saturated carbocycles. The van der Waals surface area contributed by atoms with E-state index in [0.717, 1.165) is 29.0 Å². The second kappa shape index (κ2) is 9.71. The summed E-state index contributed by atoms with van der Waals surface area (Å²) in [5.41, 5.74) is 2.59. The van der Waals surface area contributed by atoms with Crippen LogP contribution in [0.15, 0.2) is 45.5 Å². The van der Waals surface area contributed by atoms with Crippen LogP contribution < -0.4 is 4.74 Å². The zero-order chi connectivity index (χ0) is 20.8. The molecule has 0 bridgehead atoms. The van der Waals surface area contributed by atoms with Crippen LogP contribution in [0.1, 0.15) is 37.3 Å². The lowest BCUT2D eigenvalue weighted by Crippen LogP contribution is -2.30. The van der Waals surface area contributed by atoms with Gasteiger partial charge in [0.05, 0.1) is 6.10 Å². The molecule has 1 N–H and O–H groups in total. The number of carboxylic acids is 1. The Bertz CT molecular complexity index is 917. The number of benzene rings is 1. The summed E-state index contributed by atoms with van der Waals surface area (Å²) in [4.78, 5) is 15.9. The molecular formula is C22H25NO5S. The topological polar surface area (TPSA) is 81.8 Å². The number of thiophene rings is 1. The number of rotatable bonds is 10. The van der Waals surface area contributed by atoms with Crippen LogP contribution in [-0.4, -0.2) is 28.3 Å². The summed E-state index contributed by atoms with van der Waals surface area (Å²) >= 11 is 1.59. The summed E-state index contributed by atoms with van der Waals surface area (Å²) in [6, 6.07) is 9.34. The molecule has 1 aromatic carbocycles. The molecule has 6 nitrogen and oxygen atoms in total. The van der Waals surface area contributed by atoms with Crippen molar-refractivity contribution in [3.8, 4) is 17.2 Å². The number of carbonyl (C=O) groups is 1. The second-order valence-electron chi connectivity index (χ2n) is 6.85. The van der Waals surface area contributed by atoms with Gasteiger partial charge in [-0.25, -0.2) is 9.78 Å². The molecule has 2 unspecified atom stereocenters. The van der Waals surface area contributed by atoms with Gasteiger partial charge in [0.15, 0.2) is 6.10 Å². The van der Waals surface area contributed by atoms with Crippen LogP contribution in [0.25, 0.3) is 11.5 Å². The Hall–Kier alpha value is -2.64. The van der Waals surface area contributed by atoms with E-state index in [9.17, 15) is 9.90 Å². The van der Waals surface area contributed by atoms with Gasteiger partial charge in [0, 0.05) is 17.4 Å². The van der Waals surface area contributed by atoms with Crippen LogP contribution >= 0.6 is 11.3 Å². The quantitative estimate of drug-likeness (QED) is 0.496. The smallest absolute Gasteiger partial charge is 0.333 e. The molecular weight excluding hydrogens is 390 g/mol. The Labute approximate surface area is 174 Å². The monoisotopic (exact) mass is 415 g/mol. The Kier molecular flexibility index (Phi) is 7.06. The van der Waals surface area contributed by atoms with E-state index in [2.05, 4.69) is 4.98 Å². The highest BCUT2D eigenvalue weighted by molar-refractivity contribution is 7.08. The van der Waals surface area contributed by atoms with Crippen molar-refractivity contribution in [1.82, 2.24) is 4.98 Å². The molecule has 2 atom stereocenters. The summed E-state index contributed by atoms with van der Waals surface area (Å²) in [5.74, 6) is 1.06. The standard InChI is InChI=1S/C22H25NO5S/c1-4-14(2)27-20(22(24)25)11-16-5-7-18(8-6-16)26-12-19-15(3)28-21(23-19)17-9-10-29-13-17/h5-10,13-14,20H,4,11-12H2,1-3H3,(H,24,25). The normalized spacial score (nSPS) is 13.2. The van der Waals surface area contributed by atoms with Crippen molar-refractivity contribution in [3.05, 3.63) is 58.1 Å². The van der Waals surface area contributed by atoms with E-state index < -0.39 is 12.1 Å². The molecule has 3 rings (SSSR count). The fraction of sp³-hybridized carbons (Fsp3) is 0.364. The Morgan fingerprint density at radius 1 is 1.28 bits per heavy atom. The fourth-order valence-corrected chi connectivity index (χ4v) is 3.36. The molecule has 7 heteroatoms. The van der Waals surface area contributed by atoms with E-state index in [1.165, 1.54) is 0 Å². The van der Waals surface area contributed by atoms with Gasteiger partial charge in [-0.05, 0) is 49.4 Å². The molecule has 0 aliphatic carbocycles. The SMILES string of the molecule is CCC(C)OC(Cc1ccc(OCc2nc(-c3ccsc3)oc2C)cc1)C(=O)O. The van der Waals surface area contributed by atoms with Gasteiger partial charge in [0.1, 0.15) is 23.8 Å². The van der Waals surface area contributed by atoms with Crippen LogP contribution in [0, 0.1) is 6.92 Å². The van der Waals surface area contributed by atoms with Crippen LogP contribution in [0.3, 0.4) is 0 Å². The molecule has 0 aliphatic rings. The van der Waals surface area contributed by atoms with Crippen molar-refractivity contribution in [2.75, 3.05) is 0 Å². The Balaban J connectivity index is 1.59. The predicted molar refractivity (Wildman–Crippen MR) is 111 cm³/mol. The van der Waals surface area contributed by atoms with Crippen LogP contribution in [0.2, 0.25) is 0 Å². The van der Waals surface area contributed by atoms with Gasteiger partial charge in [-0.2, -0.15) is 11.3 Å². The average molecular weight is 416 g/mol. The highest BCUT2D eigenvalue weighted by atomic mass is 32.1. The lowest BCUT2D eigenvalue weighted by molar-refractivity contribution is -0.153. The van der Waals surface area contributed by atoms with Crippen molar-refractivity contribution in [1.29, 1.82) is 0 Å². The van der Waals surface area contributed by atoms with Crippen LogP contribution in [-0.2, 0) is 22.6 Å². The fourth-order valence-electron chi connectivity index (χ4n) is 2.73. The first-order valence-corrected chi connectivity index (χ1v) is 10.5. The van der Waals surface area contributed by atoms with Crippen molar-refractivity contribution in [2.24, 2.45) is 0 Å². The first kappa shape index (κ1) is 21.1. The van der Waals surface area contributed by atoms with Gasteiger partial charge in [-0.15, -0.1) is 0 Å². The van der Waals surface area contributed by atoms with E-state index in [0.29, 0.717) is 24.7 Å². The minimum absolute atomic E-state index is 0.0941. The average Bonchev–Trinajstić information content (AvgIpc) is 3.36. The first-order chi connectivity index (χ1) is 14.0. The van der Waals surface area contributed by atoms with Crippen molar-refractivity contribution >= 4 is 17.3 Å². The minimum atomic E-state index is -0.950. The Morgan fingerprint density at radius 2 is 2.03 bits per heavy atom. The van der Waals surface area contributed by atoms with E-state index in [-0.39, 0.29) is 6.10 Å². The molecule has 154 valence electrons. The lowest BCUT2D eigenvalue weighted by Gasteiger charge is -2.18. The molecule has 0 radical (unpaired) electrons. The van der Waals surface area contributed by atoms with Gasteiger partial charge in [-0.3, -0.25) is 0 Å². The maximum Gasteiger partial charge on any atom is 0.333 e. The second-order valence-corrected chi connectivity index (χ2v) is 7.63. The van der Waals surface area contributed by atoms with Crippen molar-refractivity contribution < 1.29 is 23.8 Å².